The maximum Gasteiger partial charge on any atom is 0.0972 e. The molecular weight excluding hydrogens is 378 g/mol. The molecule has 0 radical (unpaired) electrons. The molecule has 2 atom stereocenters. The normalized spacial score (nSPS) is 14.1. The predicted octanol–water partition coefficient (Wildman–Crippen LogP) is 7.05. The van der Waals surface area contributed by atoms with Crippen LogP contribution in [0, 0.1) is 5.92 Å². The smallest absolute Gasteiger partial charge is 0.0972 e. The molecule has 0 aliphatic heterocycles. The molecule has 0 saturated heterocycles. The monoisotopic (exact) mass is 422 g/mol. The molecule has 0 aliphatic carbocycles. The third-order valence-electron chi connectivity index (χ3n) is 6.20. The third kappa shape index (κ3) is 9.41. The molecule has 0 bridgehead atoms. The van der Waals surface area contributed by atoms with Crippen molar-refractivity contribution in [2.45, 2.75) is 64.9 Å². The van der Waals surface area contributed by atoms with Crippen LogP contribution in [0.4, 0.5) is 0 Å². The summed E-state index contributed by atoms with van der Waals surface area (Å²) >= 11 is 0. The fraction of sp³-hybridized carbons (Fsp3) is 0.517. The second-order valence-electron chi connectivity index (χ2n) is 9.66. The number of aryl methyl sites for hydroxylation is 1. The minimum atomic E-state index is -0.396. The molecule has 0 spiro atoms. The van der Waals surface area contributed by atoms with E-state index in [1.807, 2.05) is 0 Å². The molecule has 31 heavy (non-hydrogen) atoms. The first-order chi connectivity index (χ1) is 14.9. The highest BCUT2D eigenvalue weighted by molar-refractivity contribution is 5.48. The second kappa shape index (κ2) is 13.5. The molecule has 2 nitrogen and oxygen atoms in total. The Balaban J connectivity index is 2.04. The maximum absolute atomic E-state index is 11.3. The van der Waals surface area contributed by atoms with Gasteiger partial charge in [0.25, 0.3) is 0 Å². The number of nitrogens with zero attached hydrogens (tertiary/aromatic N) is 1. The first-order valence-electron chi connectivity index (χ1n) is 12.3. The van der Waals surface area contributed by atoms with Gasteiger partial charge in [-0.1, -0.05) is 100 Å². The zero-order valence-corrected chi connectivity index (χ0v) is 20.3. The molecule has 0 fully saturated rings. The molecule has 2 heteroatoms. The lowest BCUT2D eigenvalue weighted by molar-refractivity contribution is -0.888. The summed E-state index contributed by atoms with van der Waals surface area (Å²) in [6.45, 7) is 6.41. The van der Waals surface area contributed by atoms with Crippen LogP contribution in [0.15, 0.2) is 60.7 Å². The number of unbranched alkanes of at least 4 members (excludes halogenated alkanes) is 3. The van der Waals surface area contributed by atoms with Gasteiger partial charge in [-0.25, -0.2) is 0 Å². The molecule has 2 aromatic rings. The standard InChI is InChI=1S/C29H44NO/c1-5-7-10-18-28(29(31)27-21-19-26(20-22-27)14-8-6-2)24-30(3,4)23-13-17-25-15-11-9-12-16-25/h9,11-13,15-17,19-22,28-29,31H,5-8,10,14,18,23-24H2,1-4H3/q+1/b17-13+/t28-,29+/m0/s1. The summed E-state index contributed by atoms with van der Waals surface area (Å²) in [6, 6.07) is 19.2. The topological polar surface area (TPSA) is 20.2 Å². The van der Waals surface area contributed by atoms with Gasteiger partial charge in [0, 0.05) is 5.92 Å². The Bertz CT molecular complexity index is 748. The Labute approximate surface area is 191 Å². The van der Waals surface area contributed by atoms with Crippen molar-refractivity contribution in [2.75, 3.05) is 27.2 Å². The summed E-state index contributed by atoms with van der Waals surface area (Å²) in [6.07, 6.45) is 12.4. The largest absolute Gasteiger partial charge is 0.388 e. The van der Waals surface area contributed by atoms with E-state index in [-0.39, 0.29) is 5.92 Å². The minimum absolute atomic E-state index is 0.271. The van der Waals surface area contributed by atoms with Crippen molar-refractivity contribution in [1.82, 2.24) is 0 Å². The Morgan fingerprint density at radius 3 is 2.19 bits per heavy atom. The van der Waals surface area contributed by atoms with Gasteiger partial charge in [-0.2, -0.15) is 0 Å². The fourth-order valence-corrected chi connectivity index (χ4v) is 4.29. The van der Waals surface area contributed by atoms with Crippen LogP contribution in [0.25, 0.3) is 6.08 Å². The minimum Gasteiger partial charge on any atom is -0.388 e. The highest BCUT2D eigenvalue weighted by Crippen LogP contribution is 2.29. The number of benzene rings is 2. The number of hydrogen-bond donors (Lipinski definition) is 1. The van der Waals surface area contributed by atoms with Gasteiger partial charge in [0.15, 0.2) is 0 Å². The molecule has 2 aromatic carbocycles. The van der Waals surface area contributed by atoms with Crippen LogP contribution >= 0.6 is 0 Å². The first-order valence-corrected chi connectivity index (χ1v) is 12.3. The van der Waals surface area contributed by atoms with E-state index >= 15 is 0 Å². The number of aliphatic hydroxyl groups excluding tert-OH is 1. The summed E-state index contributed by atoms with van der Waals surface area (Å²) in [5.41, 5.74) is 3.69. The highest BCUT2D eigenvalue weighted by Gasteiger charge is 2.28. The van der Waals surface area contributed by atoms with Crippen LogP contribution in [-0.4, -0.2) is 36.8 Å². The van der Waals surface area contributed by atoms with Gasteiger partial charge >= 0.3 is 0 Å². The van der Waals surface area contributed by atoms with Crippen LogP contribution in [0.1, 0.15) is 75.2 Å². The number of hydrogen-bond acceptors (Lipinski definition) is 1. The van der Waals surface area contributed by atoms with E-state index in [1.165, 1.54) is 43.2 Å². The van der Waals surface area contributed by atoms with Crippen molar-refractivity contribution in [3.05, 3.63) is 77.4 Å². The molecule has 0 saturated carbocycles. The van der Waals surface area contributed by atoms with Crippen LogP contribution in [0.2, 0.25) is 0 Å². The maximum atomic E-state index is 11.3. The lowest BCUT2D eigenvalue weighted by atomic mass is 9.89. The number of aliphatic hydroxyl groups is 1. The van der Waals surface area contributed by atoms with E-state index < -0.39 is 6.10 Å². The van der Waals surface area contributed by atoms with Crippen LogP contribution in [-0.2, 0) is 6.42 Å². The Morgan fingerprint density at radius 2 is 1.55 bits per heavy atom. The van der Waals surface area contributed by atoms with Crippen molar-refractivity contribution in [3.8, 4) is 0 Å². The second-order valence-corrected chi connectivity index (χ2v) is 9.66. The molecule has 170 valence electrons. The molecule has 1 N–H and O–H groups in total. The van der Waals surface area contributed by atoms with Crippen molar-refractivity contribution in [1.29, 1.82) is 0 Å². The lowest BCUT2D eigenvalue weighted by Gasteiger charge is -2.35. The van der Waals surface area contributed by atoms with Gasteiger partial charge in [0.1, 0.15) is 0 Å². The zero-order valence-electron chi connectivity index (χ0n) is 20.3. The van der Waals surface area contributed by atoms with Crippen LogP contribution in [0.3, 0.4) is 0 Å². The summed E-state index contributed by atoms with van der Waals surface area (Å²) in [7, 11) is 4.56. The molecule has 0 aliphatic rings. The molecule has 2 rings (SSSR count). The highest BCUT2D eigenvalue weighted by atomic mass is 16.3. The molecular formula is C29H44NO+. The molecule has 0 aromatic heterocycles. The summed E-state index contributed by atoms with van der Waals surface area (Å²) < 4.78 is 0.881. The Kier molecular flexibility index (Phi) is 11.0. The predicted molar refractivity (Wildman–Crippen MR) is 135 cm³/mol. The SMILES string of the molecule is CCCCC[C@@H](C[N+](C)(C)C/C=C/c1ccccc1)[C@H](O)c1ccc(CCCC)cc1. The van der Waals surface area contributed by atoms with E-state index in [9.17, 15) is 5.11 Å². The summed E-state index contributed by atoms with van der Waals surface area (Å²) in [4.78, 5) is 0. The van der Waals surface area contributed by atoms with E-state index in [1.54, 1.807) is 0 Å². The van der Waals surface area contributed by atoms with Crippen molar-refractivity contribution < 1.29 is 9.59 Å². The van der Waals surface area contributed by atoms with Crippen LogP contribution in [0.5, 0.6) is 0 Å². The van der Waals surface area contributed by atoms with E-state index in [2.05, 4.69) is 94.7 Å². The van der Waals surface area contributed by atoms with E-state index in [0.29, 0.717) is 0 Å². The van der Waals surface area contributed by atoms with Crippen molar-refractivity contribution in [2.24, 2.45) is 5.92 Å². The van der Waals surface area contributed by atoms with Gasteiger partial charge in [-0.15, -0.1) is 0 Å². The average Bonchev–Trinajstić information content (AvgIpc) is 2.77. The molecule has 0 heterocycles. The van der Waals surface area contributed by atoms with Gasteiger partial charge in [-0.05, 0) is 42.0 Å². The van der Waals surface area contributed by atoms with Crippen molar-refractivity contribution >= 4 is 6.08 Å². The third-order valence-corrected chi connectivity index (χ3v) is 6.20. The number of quaternary nitrogens is 1. The Hall–Kier alpha value is -1.90. The summed E-state index contributed by atoms with van der Waals surface area (Å²) in [5, 5.41) is 11.3. The first kappa shape index (κ1) is 25.4. The van der Waals surface area contributed by atoms with Gasteiger partial charge < -0.3 is 9.59 Å². The fourth-order valence-electron chi connectivity index (χ4n) is 4.29. The van der Waals surface area contributed by atoms with E-state index in [4.69, 9.17) is 0 Å². The lowest BCUT2D eigenvalue weighted by Crippen LogP contribution is -2.44. The van der Waals surface area contributed by atoms with Crippen molar-refractivity contribution in [3.63, 3.8) is 0 Å². The van der Waals surface area contributed by atoms with Crippen LogP contribution < -0.4 is 0 Å². The average molecular weight is 423 g/mol. The zero-order chi connectivity index (χ0) is 22.5. The quantitative estimate of drug-likeness (QED) is 0.255. The van der Waals surface area contributed by atoms with Gasteiger partial charge in [0.2, 0.25) is 0 Å². The Morgan fingerprint density at radius 1 is 0.871 bits per heavy atom. The van der Waals surface area contributed by atoms with Gasteiger partial charge in [-0.3, -0.25) is 0 Å². The number of likely N-dealkylation sites (N-methyl/N-ethyl adjacent to an activating group) is 1. The molecule has 0 unspecified atom stereocenters. The van der Waals surface area contributed by atoms with E-state index in [0.717, 1.165) is 36.0 Å². The molecule has 0 amide bonds. The van der Waals surface area contributed by atoms with Gasteiger partial charge in [0.05, 0.1) is 33.3 Å². The summed E-state index contributed by atoms with van der Waals surface area (Å²) in [5.74, 6) is 0.271. The number of rotatable bonds is 14.